The van der Waals surface area contributed by atoms with Crippen molar-refractivity contribution in [2.45, 2.75) is 65.6 Å². The first-order valence-electron chi connectivity index (χ1n) is 10.7. The lowest BCUT2D eigenvalue weighted by Gasteiger charge is -2.20. The summed E-state index contributed by atoms with van der Waals surface area (Å²) in [6.45, 7) is 10.9. The van der Waals surface area contributed by atoms with Crippen molar-refractivity contribution in [2.24, 2.45) is 0 Å². The Morgan fingerprint density at radius 3 is 1.14 bits per heavy atom. The smallest absolute Gasteiger partial charge is 0.460 e. The van der Waals surface area contributed by atoms with Crippen molar-refractivity contribution in [3.63, 3.8) is 0 Å². The molecule has 0 fully saturated rings. The maximum absolute atomic E-state index is 12.6. The highest BCUT2D eigenvalue weighted by molar-refractivity contribution is 14.1. The number of ether oxygens (including phenoxy) is 4. The van der Waals surface area contributed by atoms with Crippen LogP contribution in [-0.4, -0.2) is 29.3 Å². The molecule has 0 saturated carbocycles. The van der Waals surface area contributed by atoms with Gasteiger partial charge in [0, 0.05) is 0 Å². The molecule has 36 heavy (non-hydrogen) atoms. The molecule has 0 bridgehead atoms. The third-order valence-corrected chi connectivity index (χ3v) is 7.23. The van der Waals surface area contributed by atoms with E-state index in [9.17, 15) is 14.4 Å². The molecular formula is C25H26I4O7. The average molecular weight is 946 g/mol. The molecule has 0 radical (unpaired) electrons. The zero-order valence-corrected chi connectivity index (χ0v) is 29.2. The van der Waals surface area contributed by atoms with Gasteiger partial charge in [0.15, 0.2) is 11.5 Å². The van der Waals surface area contributed by atoms with Crippen LogP contribution in [0.1, 0.15) is 52.7 Å². The van der Waals surface area contributed by atoms with E-state index >= 15 is 0 Å². The zero-order valence-electron chi connectivity index (χ0n) is 20.6. The molecule has 0 N–H and O–H groups in total. The average Bonchev–Trinajstić information content (AvgIpc) is 2.64. The van der Waals surface area contributed by atoms with E-state index in [0.717, 1.165) is 11.1 Å². The number of hydrogen-bond acceptors (Lipinski definition) is 7. The SMILES string of the molecule is CC(C)(C)OC(=O)Cc1cc(I)c(OC(=O)Oc2c(I)cc(CC(=O)OC(C)(C)C)cc2I)c(I)c1. The molecular weight excluding hydrogens is 920 g/mol. The Balaban J connectivity index is 2.11. The first-order valence-corrected chi connectivity index (χ1v) is 15.0. The van der Waals surface area contributed by atoms with Gasteiger partial charge in [-0.05, 0) is 167 Å². The van der Waals surface area contributed by atoms with Crippen LogP contribution in [0.2, 0.25) is 0 Å². The molecule has 0 aliphatic heterocycles. The second-order valence-electron chi connectivity index (χ2n) is 9.76. The number of hydrogen-bond donors (Lipinski definition) is 0. The summed E-state index contributed by atoms with van der Waals surface area (Å²) in [7, 11) is 0. The molecule has 7 nitrogen and oxygen atoms in total. The Hall–Kier alpha value is -0.430. The van der Waals surface area contributed by atoms with Crippen LogP contribution >= 0.6 is 90.4 Å². The van der Waals surface area contributed by atoms with Gasteiger partial charge in [-0.2, -0.15) is 0 Å². The van der Waals surface area contributed by atoms with Crippen LogP contribution in [0.4, 0.5) is 4.79 Å². The molecule has 11 heteroatoms. The Labute approximate surface area is 265 Å². The zero-order chi connectivity index (χ0) is 27.4. The molecule has 2 aromatic carbocycles. The minimum atomic E-state index is -0.888. The summed E-state index contributed by atoms with van der Waals surface area (Å²) >= 11 is 8.21. The topological polar surface area (TPSA) is 88.1 Å². The molecule has 0 amide bonds. The molecule has 0 heterocycles. The lowest BCUT2D eigenvalue weighted by atomic mass is 10.1. The van der Waals surface area contributed by atoms with E-state index in [2.05, 4.69) is 90.4 Å². The van der Waals surface area contributed by atoms with Gasteiger partial charge in [-0.1, -0.05) is 0 Å². The van der Waals surface area contributed by atoms with E-state index in [1.807, 2.05) is 41.5 Å². The Kier molecular flexibility index (Phi) is 11.6. The highest BCUT2D eigenvalue weighted by Crippen LogP contribution is 2.32. The quantitative estimate of drug-likeness (QED) is 0.169. The fourth-order valence-corrected chi connectivity index (χ4v) is 7.13. The van der Waals surface area contributed by atoms with Gasteiger partial charge in [0.2, 0.25) is 0 Å². The predicted molar refractivity (Wildman–Crippen MR) is 170 cm³/mol. The molecule has 196 valence electrons. The van der Waals surface area contributed by atoms with Crippen LogP contribution in [0.15, 0.2) is 24.3 Å². The van der Waals surface area contributed by atoms with Crippen LogP contribution in [0.3, 0.4) is 0 Å². The molecule has 0 saturated heterocycles. The second-order valence-corrected chi connectivity index (χ2v) is 14.4. The van der Waals surface area contributed by atoms with Gasteiger partial charge >= 0.3 is 18.1 Å². The van der Waals surface area contributed by atoms with E-state index in [-0.39, 0.29) is 24.8 Å². The molecule has 2 aromatic rings. The molecule has 0 atom stereocenters. The van der Waals surface area contributed by atoms with Gasteiger partial charge in [0.25, 0.3) is 0 Å². The monoisotopic (exact) mass is 946 g/mol. The highest BCUT2D eigenvalue weighted by atomic mass is 127. The molecule has 0 spiro atoms. The van der Waals surface area contributed by atoms with Gasteiger partial charge in [-0.15, -0.1) is 0 Å². The molecule has 0 aromatic heterocycles. The Morgan fingerprint density at radius 2 is 0.889 bits per heavy atom. The van der Waals surface area contributed by atoms with E-state index in [1.54, 1.807) is 24.3 Å². The number of carbonyl (C=O) groups is 3. The lowest BCUT2D eigenvalue weighted by Crippen LogP contribution is -2.25. The van der Waals surface area contributed by atoms with Crippen molar-refractivity contribution < 1.29 is 33.3 Å². The maximum atomic E-state index is 12.6. The van der Waals surface area contributed by atoms with Gasteiger partial charge in [-0.3, -0.25) is 9.59 Å². The van der Waals surface area contributed by atoms with Gasteiger partial charge in [0.1, 0.15) is 11.2 Å². The molecule has 0 unspecified atom stereocenters. The van der Waals surface area contributed by atoms with Crippen LogP contribution in [0, 0.1) is 14.3 Å². The maximum Gasteiger partial charge on any atom is 0.519 e. The minimum absolute atomic E-state index is 0.111. The molecule has 2 rings (SSSR count). The summed E-state index contributed by atoms with van der Waals surface area (Å²) in [6.07, 6.45) is -0.665. The van der Waals surface area contributed by atoms with E-state index < -0.39 is 17.4 Å². The largest absolute Gasteiger partial charge is 0.519 e. The summed E-state index contributed by atoms with van der Waals surface area (Å²) in [5.74, 6) is 0.0317. The normalized spacial score (nSPS) is 11.6. The van der Waals surface area contributed by atoms with Crippen molar-refractivity contribution in [3.05, 3.63) is 49.7 Å². The van der Waals surface area contributed by atoms with Crippen molar-refractivity contribution in [1.29, 1.82) is 0 Å². The van der Waals surface area contributed by atoms with E-state index in [1.165, 1.54) is 0 Å². The second kappa shape index (κ2) is 13.1. The van der Waals surface area contributed by atoms with Gasteiger partial charge < -0.3 is 18.9 Å². The number of esters is 2. The van der Waals surface area contributed by atoms with Crippen LogP contribution in [0.5, 0.6) is 11.5 Å². The summed E-state index contributed by atoms with van der Waals surface area (Å²) in [5.41, 5.74) is 0.382. The minimum Gasteiger partial charge on any atom is -0.460 e. The van der Waals surface area contributed by atoms with Crippen molar-refractivity contribution in [3.8, 4) is 11.5 Å². The number of benzene rings is 2. The number of rotatable bonds is 6. The van der Waals surface area contributed by atoms with Crippen molar-refractivity contribution in [2.75, 3.05) is 0 Å². The van der Waals surface area contributed by atoms with E-state index in [0.29, 0.717) is 25.8 Å². The highest BCUT2D eigenvalue weighted by Gasteiger charge is 2.22. The number of carbonyl (C=O) groups excluding carboxylic acids is 3. The summed E-state index contributed by atoms with van der Waals surface area (Å²) in [5, 5.41) is 0. The van der Waals surface area contributed by atoms with Crippen molar-refractivity contribution in [1.82, 2.24) is 0 Å². The summed E-state index contributed by atoms with van der Waals surface area (Å²) in [6, 6.07) is 7.09. The fourth-order valence-electron chi connectivity index (χ4n) is 2.90. The van der Waals surface area contributed by atoms with E-state index in [4.69, 9.17) is 18.9 Å². The number of halogens is 4. The van der Waals surface area contributed by atoms with Gasteiger partial charge in [-0.25, -0.2) is 4.79 Å². The Morgan fingerprint density at radius 1 is 0.611 bits per heavy atom. The van der Waals surface area contributed by atoms with Crippen LogP contribution in [-0.2, 0) is 31.9 Å². The standard InChI is InChI=1S/C25H26I4O7/c1-24(2,3)35-19(30)11-13-7-15(26)21(16(27)8-13)33-23(32)34-22-17(28)9-14(10-18(22)29)12-20(31)36-25(4,5)6/h7-10H,11-12H2,1-6H3. The third kappa shape index (κ3) is 10.7. The van der Waals surface area contributed by atoms with Crippen LogP contribution in [0.25, 0.3) is 0 Å². The van der Waals surface area contributed by atoms with Crippen LogP contribution < -0.4 is 9.47 Å². The Bertz CT molecular complexity index is 1030. The van der Waals surface area contributed by atoms with Gasteiger partial charge in [0.05, 0.1) is 27.1 Å². The first-order chi connectivity index (χ1) is 16.4. The third-order valence-electron chi connectivity index (χ3n) is 4.02. The fraction of sp³-hybridized carbons (Fsp3) is 0.400. The molecule has 0 aliphatic rings. The molecule has 0 aliphatic carbocycles. The van der Waals surface area contributed by atoms with Crippen molar-refractivity contribution >= 4 is 108 Å². The summed E-state index contributed by atoms with van der Waals surface area (Å²) < 4.78 is 24.4. The predicted octanol–water partition coefficient (Wildman–Crippen LogP) is 7.45. The lowest BCUT2D eigenvalue weighted by molar-refractivity contribution is -0.155. The summed E-state index contributed by atoms with van der Waals surface area (Å²) in [4.78, 5) is 37.0. The first kappa shape index (κ1) is 31.8.